The fraction of sp³-hybridized carbons (Fsp3) is 0. The molecule has 0 saturated heterocycles. The second-order valence-electron chi connectivity index (χ2n) is 16.2. The quantitative estimate of drug-likeness (QED) is 0.152. The zero-order valence-electron chi connectivity index (χ0n) is 34.8. The van der Waals surface area contributed by atoms with Crippen molar-refractivity contribution in [3.05, 3.63) is 218 Å². The summed E-state index contributed by atoms with van der Waals surface area (Å²) in [5.41, 5.74) is 11.6. The summed E-state index contributed by atoms with van der Waals surface area (Å²) in [5, 5.41) is 7.42. The number of rotatable bonds is 8. The van der Waals surface area contributed by atoms with Gasteiger partial charge in [-0.05, 0) is 143 Å². The smallest absolute Gasteiger partial charge is 0.227 e. The number of oxazole rings is 2. The minimum atomic E-state index is 0.615. The first kappa shape index (κ1) is 37.1. The highest BCUT2D eigenvalue weighted by Gasteiger charge is 2.19. The van der Waals surface area contributed by atoms with Gasteiger partial charge in [0.25, 0.3) is 0 Å². The molecule has 7 heteroatoms. The summed E-state index contributed by atoms with van der Waals surface area (Å²) in [6.45, 7) is 0. The molecule has 0 fully saturated rings. The van der Waals surface area contributed by atoms with E-state index >= 15 is 0 Å². The maximum Gasteiger partial charge on any atom is 0.227 e. The van der Waals surface area contributed by atoms with Crippen LogP contribution in [0.1, 0.15) is 0 Å². The topological polar surface area (TPSA) is 58.5 Å². The Morgan fingerprint density at radius 2 is 0.692 bits per heavy atom. The molecule has 0 aliphatic heterocycles. The molecule has 10 aromatic carbocycles. The Hall–Kier alpha value is -8.52. The molecular formula is C58H36N4O2S. The van der Waals surface area contributed by atoms with Crippen molar-refractivity contribution in [3.8, 4) is 22.9 Å². The number of fused-ring (bicyclic) bond motifs is 9. The van der Waals surface area contributed by atoms with Crippen LogP contribution < -0.4 is 9.80 Å². The lowest BCUT2D eigenvalue weighted by Crippen LogP contribution is -2.09. The molecule has 65 heavy (non-hydrogen) atoms. The van der Waals surface area contributed by atoms with Gasteiger partial charge in [-0.25, -0.2) is 9.97 Å². The maximum atomic E-state index is 6.09. The summed E-state index contributed by atoms with van der Waals surface area (Å²) in [7, 11) is 0. The van der Waals surface area contributed by atoms with Crippen molar-refractivity contribution >= 4 is 109 Å². The first-order valence-electron chi connectivity index (χ1n) is 21.6. The van der Waals surface area contributed by atoms with E-state index < -0.39 is 0 Å². The Balaban J connectivity index is 0.861. The SMILES string of the molecule is c1ccc(N(c2ccc(-c3nc4ccccc4o3)cc2)c2ccc3c(ccc4c5ccc6cc(N(c7ccccc7)c7ccc(-c8nc9ccccc9o8)cc7)ccc6c5sc34)c2)cc1. The molecule has 13 aromatic rings. The van der Waals surface area contributed by atoms with Crippen LogP contribution in [0.25, 0.3) is 86.8 Å². The number of thiophene rings is 1. The summed E-state index contributed by atoms with van der Waals surface area (Å²) in [4.78, 5) is 14.1. The van der Waals surface area contributed by atoms with E-state index in [1.54, 1.807) is 0 Å². The zero-order valence-corrected chi connectivity index (χ0v) is 35.6. The summed E-state index contributed by atoms with van der Waals surface area (Å²) in [6.07, 6.45) is 0. The minimum Gasteiger partial charge on any atom is -0.436 e. The summed E-state index contributed by atoms with van der Waals surface area (Å²) in [6, 6.07) is 76.6. The lowest BCUT2D eigenvalue weighted by molar-refractivity contribution is 0.619. The number of aromatic nitrogens is 2. The number of benzene rings is 10. The van der Waals surface area contributed by atoms with Crippen LogP contribution in [0.2, 0.25) is 0 Å². The van der Waals surface area contributed by atoms with E-state index in [-0.39, 0.29) is 0 Å². The van der Waals surface area contributed by atoms with Crippen LogP contribution in [-0.2, 0) is 0 Å². The van der Waals surface area contributed by atoms with E-state index in [1.807, 2.05) is 59.9 Å². The van der Waals surface area contributed by atoms with Gasteiger partial charge >= 0.3 is 0 Å². The second kappa shape index (κ2) is 15.1. The fourth-order valence-corrected chi connectivity index (χ4v) is 10.5. The van der Waals surface area contributed by atoms with Gasteiger partial charge in [0.1, 0.15) is 11.0 Å². The third-order valence-electron chi connectivity index (χ3n) is 12.3. The Morgan fingerprint density at radius 1 is 0.323 bits per heavy atom. The molecule has 3 heterocycles. The van der Waals surface area contributed by atoms with Crippen molar-refractivity contribution in [2.45, 2.75) is 0 Å². The molecule has 13 rings (SSSR count). The third kappa shape index (κ3) is 6.40. The van der Waals surface area contributed by atoms with Gasteiger partial charge in [-0.1, -0.05) is 97.1 Å². The van der Waals surface area contributed by atoms with Crippen LogP contribution in [0.5, 0.6) is 0 Å². The van der Waals surface area contributed by atoms with Crippen molar-refractivity contribution in [1.82, 2.24) is 9.97 Å². The second-order valence-corrected chi connectivity index (χ2v) is 17.2. The molecule has 0 N–H and O–H groups in total. The number of anilines is 6. The molecule has 3 aromatic heterocycles. The highest BCUT2D eigenvalue weighted by Crippen LogP contribution is 2.45. The minimum absolute atomic E-state index is 0.615. The van der Waals surface area contributed by atoms with Crippen LogP contribution in [0.4, 0.5) is 34.1 Å². The highest BCUT2D eigenvalue weighted by atomic mass is 32.1. The number of nitrogens with zero attached hydrogens (tertiary/aromatic N) is 4. The van der Waals surface area contributed by atoms with Gasteiger partial charge in [-0.3, -0.25) is 0 Å². The zero-order chi connectivity index (χ0) is 42.8. The van der Waals surface area contributed by atoms with Crippen LogP contribution >= 0.6 is 11.3 Å². The van der Waals surface area contributed by atoms with Crippen molar-refractivity contribution in [2.24, 2.45) is 0 Å². The van der Waals surface area contributed by atoms with Gasteiger partial charge < -0.3 is 18.6 Å². The van der Waals surface area contributed by atoms with Gasteiger partial charge in [0.05, 0.1) is 0 Å². The van der Waals surface area contributed by atoms with Crippen LogP contribution in [0, 0.1) is 0 Å². The average Bonchev–Trinajstić information content (AvgIpc) is 4.11. The molecule has 0 saturated carbocycles. The Morgan fingerprint density at radius 3 is 1.12 bits per heavy atom. The van der Waals surface area contributed by atoms with Gasteiger partial charge in [-0.15, -0.1) is 11.3 Å². The van der Waals surface area contributed by atoms with E-state index in [0.717, 1.165) is 67.5 Å². The summed E-state index contributed by atoms with van der Waals surface area (Å²) >= 11 is 1.88. The van der Waals surface area contributed by atoms with Gasteiger partial charge in [0.2, 0.25) is 11.8 Å². The lowest BCUT2D eigenvalue weighted by Gasteiger charge is -2.26. The summed E-state index contributed by atoms with van der Waals surface area (Å²) < 4.78 is 14.8. The molecule has 0 amide bonds. The van der Waals surface area contributed by atoms with Gasteiger partial charge in [0, 0.05) is 65.4 Å². The molecular weight excluding hydrogens is 817 g/mol. The molecule has 0 aliphatic rings. The number of hydrogen-bond acceptors (Lipinski definition) is 7. The number of para-hydroxylation sites is 6. The van der Waals surface area contributed by atoms with E-state index in [4.69, 9.17) is 18.8 Å². The average molecular weight is 853 g/mol. The normalized spacial score (nSPS) is 11.7. The third-order valence-corrected chi connectivity index (χ3v) is 13.6. The fourth-order valence-electron chi connectivity index (χ4n) is 9.15. The monoisotopic (exact) mass is 852 g/mol. The molecule has 0 radical (unpaired) electrons. The Bertz CT molecular complexity index is 3570. The molecule has 6 nitrogen and oxygen atoms in total. The van der Waals surface area contributed by atoms with Crippen molar-refractivity contribution in [1.29, 1.82) is 0 Å². The maximum absolute atomic E-state index is 6.09. The highest BCUT2D eigenvalue weighted by molar-refractivity contribution is 7.27. The van der Waals surface area contributed by atoms with E-state index in [1.165, 1.54) is 41.7 Å². The largest absolute Gasteiger partial charge is 0.436 e. The van der Waals surface area contributed by atoms with E-state index in [0.29, 0.717) is 11.8 Å². The molecule has 0 bridgehead atoms. The molecule has 0 aliphatic carbocycles. The van der Waals surface area contributed by atoms with Crippen LogP contribution in [-0.4, -0.2) is 9.97 Å². The van der Waals surface area contributed by atoms with Crippen molar-refractivity contribution in [2.75, 3.05) is 9.80 Å². The standard InChI is InChI=1S/C58H36N4O2S/c1-3-11-41(12-4-1)61(43-25-19-37(20-26-43)57-59-51-15-7-9-17-53(51)63-57)45-29-33-47-39(35-45)23-31-49-50-32-24-40-36-46(30-34-48(40)56(50)65-55(47)49)62(42-13-5-2-6-14-42)44-27-21-38(22-28-44)58-60-52-16-8-10-18-54(52)64-58/h1-36H. The Labute approximate surface area is 377 Å². The lowest BCUT2D eigenvalue weighted by atomic mass is 10.0. The Kier molecular flexibility index (Phi) is 8.60. The first-order chi connectivity index (χ1) is 32.2. The number of hydrogen-bond donors (Lipinski definition) is 0. The predicted molar refractivity (Wildman–Crippen MR) is 270 cm³/mol. The molecule has 0 spiro atoms. The predicted octanol–water partition coefficient (Wildman–Crippen LogP) is 16.9. The van der Waals surface area contributed by atoms with Crippen LogP contribution in [0.15, 0.2) is 227 Å². The van der Waals surface area contributed by atoms with E-state index in [9.17, 15) is 0 Å². The first-order valence-corrected chi connectivity index (χ1v) is 22.4. The van der Waals surface area contributed by atoms with Crippen molar-refractivity contribution < 1.29 is 8.83 Å². The summed E-state index contributed by atoms with van der Waals surface area (Å²) in [5.74, 6) is 1.23. The van der Waals surface area contributed by atoms with Crippen LogP contribution in [0.3, 0.4) is 0 Å². The van der Waals surface area contributed by atoms with E-state index in [2.05, 4.69) is 180 Å². The molecule has 0 unspecified atom stereocenters. The molecule has 0 atom stereocenters. The van der Waals surface area contributed by atoms with Gasteiger partial charge in [0.15, 0.2) is 11.2 Å². The molecule has 306 valence electrons. The van der Waals surface area contributed by atoms with Crippen molar-refractivity contribution in [3.63, 3.8) is 0 Å². The van der Waals surface area contributed by atoms with Gasteiger partial charge in [-0.2, -0.15) is 0 Å².